The number of halogens is 1. The third-order valence-corrected chi connectivity index (χ3v) is 8.50. The predicted molar refractivity (Wildman–Crippen MR) is 163 cm³/mol. The maximum absolute atomic E-state index is 14.1. The first kappa shape index (κ1) is 32.0. The van der Waals surface area contributed by atoms with E-state index in [1.54, 1.807) is 25.1 Å². The normalized spacial score (nSPS) is 12.4. The number of rotatable bonds is 10. The molecule has 0 bridgehead atoms. The summed E-state index contributed by atoms with van der Waals surface area (Å²) in [6.45, 7) is 10.6. The topological polar surface area (TPSA) is 96.0 Å². The summed E-state index contributed by atoms with van der Waals surface area (Å²) in [4.78, 5) is 28.7. The molecule has 41 heavy (non-hydrogen) atoms. The third kappa shape index (κ3) is 8.24. The van der Waals surface area contributed by atoms with E-state index in [0.29, 0.717) is 5.75 Å². The number of methoxy groups -OCH3 is 1. The fourth-order valence-corrected chi connectivity index (χ4v) is 5.90. The van der Waals surface area contributed by atoms with Crippen molar-refractivity contribution in [1.82, 2.24) is 10.2 Å². The minimum Gasteiger partial charge on any atom is -0.495 e. The minimum absolute atomic E-state index is 0.0200. The number of carbonyl (C=O) groups excluding carboxylic acids is 2. The quantitative estimate of drug-likeness (QED) is 0.332. The van der Waals surface area contributed by atoms with Crippen LogP contribution < -0.4 is 14.4 Å². The van der Waals surface area contributed by atoms with Crippen molar-refractivity contribution in [3.05, 3.63) is 88.4 Å². The molecule has 0 heterocycles. The van der Waals surface area contributed by atoms with Gasteiger partial charge >= 0.3 is 0 Å². The number of hydrogen-bond acceptors (Lipinski definition) is 5. The van der Waals surface area contributed by atoms with Crippen LogP contribution in [0.2, 0.25) is 5.02 Å². The number of amides is 2. The van der Waals surface area contributed by atoms with E-state index in [9.17, 15) is 18.0 Å². The van der Waals surface area contributed by atoms with Crippen molar-refractivity contribution in [2.24, 2.45) is 0 Å². The Balaban J connectivity index is 2.08. The van der Waals surface area contributed by atoms with E-state index in [1.165, 1.54) is 36.3 Å². The molecule has 3 aromatic rings. The first-order valence-electron chi connectivity index (χ1n) is 13.2. The summed E-state index contributed by atoms with van der Waals surface area (Å²) in [5, 5.41) is 3.11. The molecule has 0 fully saturated rings. The fraction of sp³-hybridized carbons (Fsp3) is 0.355. The van der Waals surface area contributed by atoms with Crippen molar-refractivity contribution in [1.29, 1.82) is 0 Å². The lowest BCUT2D eigenvalue weighted by atomic mass is 10.1. The number of aryl methyl sites for hydroxylation is 2. The number of hydrogen-bond donors (Lipinski definition) is 1. The van der Waals surface area contributed by atoms with Crippen LogP contribution in [0.15, 0.2) is 71.6 Å². The summed E-state index contributed by atoms with van der Waals surface area (Å²) < 4.78 is 34.2. The molecule has 2 amide bonds. The summed E-state index contributed by atoms with van der Waals surface area (Å²) in [7, 11) is -2.75. The molecule has 8 nitrogen and oxygen atoms in total. The number of anilines is 1. The second kappa shape index (κ2) is 13.0. The molecule has 0 spiro atoms. The molecule has 220 valence electrons. The lowest BCUT2D eigenvalue weighted by Crippen LogP contribution is -2.54. The molecule has 0 aromatic heterocycles. The summed E-state index contributed by atoms with van der Waals surface area (Å²) in [5.41, 5.74) is 2.37. The summed E-state index contributed by atoms with van der Waals surface area (Å²) in [5.74, 6) is -0.535. The van der Waals surface area contributed by atoms with Crippen LogP contribution in [-0.4, -0.2) is 50.4 Å². The molecule has 0 unspecified atom stereocenters. The van der Waals surface area contributed by atoms with Crippen molar-refractivity contribution in [2.45, 2.75) is 64.6 Å². The second-order valence-electron chi connectivity index (χ2n) is 11.1. The number of nitrogens with one attached hydrogen (secondary N) is 1. The third-order valence-electron chi connectivity index (χ3n) is 6.41. The summed E-state index contributed by atoms with van der Waals surface area (Å²) >= 11 is 6.37. The largest absolute Gasteiger partial charge is 0.495 e. The van der Waals surface area contributed by atoms with Crippen LogP contribution in [0.3, 0.4) is 0 Å². The Hall–Kier alpha value is -3.56. The van der Waals surface area contributed by atoms with E-state index in [0.717, 1.165) is 21.0 Å². The van der Waals surface area contributed by atoms with E-state index in [2.05, 4.69) is 5.32 Å². The Bertz CT molecular complexity index is 1500. The molecule has 0 saturated heterocycles. The molecule has 1 atom stereocenters. The van der Waals surface area contributed by atoms with Crippen LogP contribution in [0.5, 0.6) is 5.75 Å². The number of carbonyl (C=O) groups is 2. The highest BCUT2D eigenvalue weighted by molar-refractivity contribution is 7.92. The van der Waals surface area contributed by atoms with Gasteiger partial charge in [0.15, 0.2) is 0 Å². The first-order valence-corrected chi connectivity index (χ1v) is 15.0. The summed E-state index contributed by atoms with van der Waals surface area (Å²) in [6, 6.07) is 17.6. The average Bonchev–Trinajstić information content (AvgIpc) is 2.89. The molecule has 3 rings (SSSR count). The predicted octanol–water partition coefficient (Wildman–Crippen LogP) is 5.49. The van der Waals surface area contributed by atoms with Gasteiger partial charge in [0.1, 0.15) is 18.3 Å². The molecular weight excluding hydrogens is 562 g/mol. The zero-order valence-electron chi connectivity index (χ0n) is 24.6. The maximum atomic E-state index is 14.1. The first-order chi connectivity index (χ1) is 19.1. The monoisotopic (exact) mass is 599 g/mol. The molecule has 3 aromatic carbocycles. The standard InChI is InChI=1S/C31H38ClN3O5S/c1-21-11-14-26(15-12-21)41(38,39)35(25-13-16-28(40-7)27(32)18-25)20-29(36)34(19-24-10-8-9-22(2)17-24)23(3)30(37)33-31(4,5)6/h8-18,23H,19-20H2,1-7H3,(H,33,37)/t23-/m1/s1. The van der Waals surface area contributed by atoms with Crippen LogP contribution in [-0.2, 0) is 26.2 Å². The van der Waals surface area contributed by atoms with Crippen molar-refractivity contribution >= 4 is 39.1 Å². The van der Waals surface area contributed by atoms with E-state index in [-0.39, 0.29) is 28.1 Å². The van der Waals surface area contributed by atoms with Gasteiger partial charge in [-0.15, -0.1) is 0 Å². The van der Waals surface area contributed by atoms with Gasteiger partial charge in [-0.2, -0.15) is 0 Å². The average molecular weight is 600 g/mol. The molecular formula is C31H38ClN3O5S. The molecule has 10 heteroatoms. The Morgan fingerprint density at radius 2 is 1.63 bits per heavy atom. The minimum atomic E-state index is -4.20. The van der Waals surface area contributed by atoms with Gasteiger partial charge in [0.25, 0.3) is 10.0 Å². The maximum Gasteiger partial charge on any atom is 0.264 e. The Labute approximate surface area is 248 Å². The van der Waals surface area contributed by atoms with Gasteiger partial charge in [0, 0.05) is 12.1 Å². The molecule has 0 aliphatic carbocycles. The zero-order valence-corrected chi connectivity index (χ0v) is 26.1. The molecule has 0 radical (unpaired) electrons. The van der Waals surface area contributed by atoms with Crippen molar-refractivity contribution in [2.75, 3.05) is 18.0 Å². The highest BCUT2D eigenvalue weighted by atomic mass is 35.5. The van der Waals surface area contributed by atoms with Crippen molar-refractivity contribution < 1.29 is 22.7 Å². The van der Waals surface area contributed by atoms with E-state index >= 15 is 0 Å². The molecule has 0 aliphatic rings. The number of ether oxygens (including phenoxy) is 1. The van der Waals surface area contributed by atoms with Crippen LogP contribution in [0.4, 0.5) is 5.69 Å². The van der Waals surface area contributed by atoms with E-state index < -0.39 is 34.1 Å². The van der Waals surface area contributed by atoms with Gasteiger partial charge in [-0.25, -0.2) is 8.42 Å². The number of nitrogens with zero attached hydrogens (tertiary/aromatic N) is 2. The molecule has 0 saturated carbocycles. The van der Waals surface area contributed by atoms with Gasteiger partial charge in [-0.05, 0) is 77.4 Å². The van der Waals surface area contributed by atoms with Gasteiger partial charge in [-0.3, -0.25) is 13.9 Å². The Morgan fingerprint density at radius 3 is 2.20 bits per heavy atom. The SMILES string of the molecule is COc1ccc(N(CC(=O)N(Cc2cccc(C)c2)[C@H](C)C(=O)NC(C)(C)C)S(=O)(=O)c2ccc(C)cc2)cc1Cl. The van der Waals surface area contributed by atoms with E-state index in [4.69, 9.17) is 16.3 Å². The zero-order chi connectivity index (χ0) is 30.5. The van der Waals surface area contributed by atoms with Crippen molar-refractivity contribution in [3.8, 4) is 5.75 Å². The van der Waals surface area contributed by atoms with Crippen LogP contribution in [0.25, 0.3) is 0 Å². The second-order valence-corrected chi connectivity index (χ2v) is 13.3. The lowest BCUT2D eigenvalue weighted by molar-refractivity contribution is -0.140. The van der Waals surface area contributed by atoms with Gasteiger partial charge in [0.2, 0.25) is 11.8 Å². The molecule has 0 aliphatic heterocycles. The highest BCUT2D eigenvalue weighted by Crippen LogP contribution is 2.32. The summed E-state index contributed by atoms with van der Waals surface area (Å²) in [6.07, 6.45) is 0. The van der Waals surface area contributed by atoms with Gasteiger partial charge in [-0.1, -0.05) is 59.1 Å². The van der Waals surface area contributed by atoms with Crippen LogP contribution >= 0.6 is 11.6 Å². The Morgan fingerprint density at radius 1 is 0.976 bits per heavy atom. The highest BCUT2D eigenvalue weighted by Gasteiger charge is 2.33. The Kier molecular flexibility index (Phi) is 10.1. The number of sulfonamides is 1. The molecule has 1 N–H and O–H groups in total. The fourth-order valence-electron chi connectivity index (χ4n) is 4.24. The lowest BCUT2D eigenvalue weighted by Gasteiger charge is -2.33. The number of benzene rings is 3. The van der Waals surface area contributed by atoms with Gasteiger partial charge < -0.3 is 15.0 Å². The van der Waals surface area contributed by atoms with Gasteiger partial charge in [0.05, 0.1) is 22.7 Å². The smallest absolute Gasteiger partial charge is 0.264 e. The van der Waals surface area contributed by atoms with Crippen LogP contribution in [0, 0.1) is 13.8 Å². The van der Waals surface area contributed by atoms with Crippen LogP contribution in [0.1, 0.15) is 44.4 Å². The van der Waals surface area contributed by atoms with Crippen molar-refractivity contribution in [3.63, 3.8) is 0 Å². The van der Waals surface area contributed by atoms with E-state index in [1.807, 2.05) is 58.9 Å².